The summed E-state index contributed by atoms with van der Waals surface area (Å²) in [6.45, 7) is 6.64. The minimum Gasteiger partial charge on any atom is -0.397 e. The molecule has 2 rings (SSSR count). The first-order valence-electron chi connectivity index (χ1n) is 6.53. The Kier molecular flexibility index (Phi) is 4.47. The molecule has 0 aliphatic heterocycles. The van der Waals surface area contributed by atoms with Gasteiger partial charge in [-0.25, -0.2) is 0 Å². The van der Waals surface area contributed by atoms with Crippen LogP contribution in [0.1, 0.15) is 24.0 Å². The van der Waals surface area contributed by atoms with Gasteiger partial charge in [0.05, 0.1) is 17.1 Å². The molecule has 100 valence electrons. The summed E-state index contributed by atoms with van der Waals surface area (Å²) >= 11 is 0. The third kappa shape index (κ3) is 3.76. The molecule has 0 saturated heterocycles. The van der Waals surface area contributed by atoms with E-state index in [0.29, 0.717) is 0 Å². The van der Waals surface area contributed by atoms with E-state index in [-0.39, 0.29) is 0 Å². The van der Waals surface area contributed by atoms with E-state index in [0.717, 1.165) is 42.4 Å². The van der Waals surface area contributed by atoms with Crippen LogP contribution < -0.4 is 5.73 Å². The van der Waals surface area contributed by atoms with Crippen molar-refractivity contribution in [2.24, 2.45) is 0 Å². The van der Waals surface area contributed by atoms with E-state index in [1.165, 1.54) is 0 Å². The van der Waals surface area contributed by atoms with E-state index in [2.05, 4.69) is 27.9 Å². The molecular formula is C15H20N4. The molecule has 0 amide bonds. The molecule has 2 heterocycles. The lowest BCUT2D eigenvalue weighted by Crippen LogP contribution is -2.24. The number of hydrogen-bond acceptors (Lipinski definition) is 4. The van der Waals surface area contributed by atoms with E-state index in [9.17, 15) is 0 Å². The van der Waals surface area contributed by atoms with E-state index >= 15 is 0 Å². The molecule has 0 bridgehead atoms. The molecule has 0 spiro atoms. The van der Waals surface area contributed by atoms with Gasteiger partial charge >= 0.3 is 0 Å². The lowest BCUT2D eigenvalue weighted by molar-refractivity contribution is 0.265. The van der Waals surface area contributed by atoms with Crippen molar-refractivity contribution in [3.05, 3.63) is 53.6 Å². The topological polar surface area (TPSA) is 55.0 Å². The van der Waals surface area contributed by atoms with E-state index < -0.39 is 0 Å². The molecule has 2 aromatic heterocycles. The number of nitrogens with two attached hydrogens (primary N) is 1. The maximum Gasteiger partial charge on any atom is 0.0772 e. The van der Waals surface area contributed by atoms with Gasteiger partial charge in [0.2, 0.25) is 0 Å². The first-order valence-corrected chi connectivity index (χ1v) is 6.53. The predicted molar refractivity (Wildman–Crippen MR) is 77.4 cm³/mol. The normalized spacial score (nSPS) is 10.9. The molecule has 0 unspecified atom stereocenters. The quantitative estimate of drug-likeness (QED) is 0.892. The van der Waals surface area contributed by atoms with Gasteiger partial charge < -0.3 is 5.73 Å². The van der Waals surface area contributed by atoms with Gasteiger partial charge in [-0.3, -0.25) is 14.9 Å². The molecule has 0 fully saturated rings. The van der Waals surface area contributed by atoms with Gasteiger partial charge in [0.15, 0.2) is 0 Å². The second-order valence-corrected chi connectivity index (χ2v) is 4.61. The van der Waals surface area contributed by atoms with Crippen LogP contribution in [-0.2, 0) is 13.1 Å². The zero-order valence-corrected chi connectivity index (χ0v) is 11.5. The molecule has 0 atom stereocenters. The minimum atomic E-state index is 0.748. The summed E-state index contributed by atoms with van der Waals surface area (Å²) in [4.78, 5) is 11.1. The Balaban J connectivity index is 2.07. The van der Waals surface area contributed by atoms with E-state index in [1.807, 2.05) is 31.2 Å². The van der Waals surface area contributed by atoms with Crippen molar-refractivity contribution >= 4 is 5.69 Å². The largest absolute Gasteiger partial charge is 0.397 e. The highest BCUT2D eigenvalue weighted by Gasteiger charge is 2.08. The molecule has 4 heteroatoms. The number of anilines is 1. The average Bonchev–Trinajstić information content (AvgIpc) is 2.40. The minimum absolute atomic E-state index is 0.748. The summed E-state index contributed by atoms with van der Waals surface area (Å²) < 4.78 is 0. The fraction of sp³-hybridized carbons (Fsp3) is 0.333. The predicted octanol–water partition coefficient (Wildman–Crippen LogP) is 2.39. The maximum absolute atomic E-state index is 5.94. The zero-order valence-electron chi connectivity index (χ0n) is 11.5. The van der Waals surface area contributed by atoms with Crippen molar-refractivity contribution in [1.29, 1.82) is 0 Å². The SMILES string of the molecule is CCN(Cc1cccc(C)n1)Cc1ncccc1N. The van der Waals surface area contributed by atoms with Crippen LogP contribution in [0.3, 0.4) is 0 Å². The van der Waals surface area contributed by atoms with E-state index in [1.54, 1.807) is 6.20 Å². The average molecular weight is 256 g/mol. The number of aryl methyl sites for hydroxylation is 1. The number of nitrogens with zero attached hydrogens (tertiary/aromatic N) is 3. The summed E-state index contributed by atoms with van der Waals surface area (Å²) in [5.41, 5.74) is 9.74. The van der Waals surface area contributed by atoms with Crippen LogP contribution in [0.4, 0.5) is 5.69 Å². The molecule has 0 aliphatic carbocycles. The molecule has 2 aromatic rings. The Bertz CT molecular complexity index is 539. The second kappa shape index (κ2) is 6.29. The third-order valence-electron chi connectivity index (χ3n) is 3.08. The van der Waals surface area contributed by atoms with Gasteiger partial charge in [-0.15, -0.1) is 0 Å². The Hall–Kier alpha value is -1.94. The monoisotopic (exact) mass is 256 g/mol. The standard InChI is InChI=1S/C15H20N4/c1-3-19(10-13-7-4-6-12(2)18-13)11-15-14(16)8-5-9-17-15/h4-9H,3,10-11,16H2,1-2H3. The van der Waals surface area contributed by atoms with Crippen molar-refractivity contribution in [3.63, 3.8) is 0 Å². The summed E-state index contributed by atoms with van der Waals surface area (Å²) in [6.07, 6.45) is 1.78. The zero-order chi connectivity index (χ0) is 13.7. The van der Waals surface area contributed by atoms with Gasteiger partial charge in [-0.2, -0.15) is 0 Å². The number of rotatable bonds is 5. The maximum atomic E-state index is 5.94. The number of hydrogen-bond donors (Lipinski definition) is 1. The Morgan fingerprint density at radius 2 is 2.00 bits per heavy atom. The Labute approximate surface area is 114 Å². The summed E-state index contributed by atoms with van der Waals surface area (Å²) in [7, 11) is 0. The molecule has 0 aliphatic rings. The van der Waals surface area contributed by atoms with Gasteiger partial charge in [-0.05, 0) is 37.7 Å². The van der Waals surface area contributed by atoms with Crippen LogP contribution in [-0.4, -0.2) is 21.4 Å². The Morgan fingerprint density at radius 1 is 1.16 bits per heavy atom. The molecule has 4 nitrogen and oxygen atoms in total. The summed E-state index contributed by atoms with van der Waals surface area (Å²) in [6, 6.07) is 9.85. The first-order chi connectivity index (χ1) is 9.19. The van der Waals surface area contributed by atoms with Gasteiger partial charge in [0.25, 0.3) is 0 Å². The summed E-state index contributed by atoms with van der Waals surface area (Å²) in [5, 5.41) is 0. The number of aromatic nitrogens is 2. The molecule has 0 saturated carbocycles. The van der Waals surface area contributed by atoms with Crippen molar-refractivity contribution in [2.45, 2.75) is 26.9 Å². The number of pyridine rings is 2. The molecular weight excluding hydrogens is 236 g/mol. The van der Waals surface area contributed by atoms with Crippen LogP contribution in [0, 0.1) is 6.92 Å². The summed E-state index contributed by atoms with van der Waals surface area (Å²) in [5.74, 6) is 0. The van der Waals surface area contributed by atoms with Crippen LogP contribution in [0.5, 0.6) is 0 Å². The fourth-order valence-electron chi connectivity index (χ4n) is 1.99. The van der Waals surface area contributed by atoms with Gasteiger partial charge in [0, 0.05) is 25.0 Å². The highest BCUT2D eigenvalue weighted by molar-refractivity contribution is 5.41. The van der Waals surface area contributed by atoms with E-state index in [4.69, 9.17) is 5.73 Å². The van der Waals surface area contributed by atoms with Crippen molar-refractivity contribution in [1.82, 2.24) is 14.9 Å². The van der Waals surface area contributed by atoms with Crippen LogP contribution in [0.25, 0.3) is 0 Å². The van der Waals surface area contributed by atoms with Crippen molar-refractivity contribution < 1.29 is 0 Å². The smallest absolute Gasteiger partial charge is 0.0772 e. The van der Waals surface area contributed by atoms with Crippen LogP contribution in [0.15, 0.2) is 36.5 Å². The highest BCUT2D eigenvalue weighted by Crippen LogP contribution is 2.12. The molecule has 2 N–H and O–H groups in total. The van der Waals surface area contributed by atoms with Crippen molar-refractivity contribution in [3.8, 4) is 0 Å². The van der Waals surface area contributed by atoms with Crippen molar-refractivity contribution in [2.75, 3.05) is 12.3 Å². The lowest BCUT2D eigenvalue weighted by atomic mass is 10.2. The third-order valence-corrected chi connectivity index (χ3v) is 3.08. The molecule has 0 radical (unpaired) electrons. The Morgan fingerprint density at radius 3 is 2.68 bits per heavy atom. The van der Waals surface area contributed by atoms with Crippen LogP contribution in [0.2, 0.25) is 0 Å². The second-order valence-electron chi connectivity index (χ2n) is 4.61. The van der Waals surface area contributed by atoms with Crippen LogP contribution >= 0.6 is 0 Å². The fourth-order valence-corrected chi connectivity index (χ4v) is 1.99. The first kappa shape index (κ1) is 13.5. The van der Waals surface area contributed by atoms with Gasteiger partial charge in [-0.1, -0.05) is 13.0 Å². The molecule has 19 heavy (non-hydrogen) atoms. The lowest BCUT2D eigenvalue weighted by Gasteiger charge is -2.20. The highest BCUT2D eigenvalue weighted by atomic mass is 15.1. The number of nitrogen functional groups attached to an aromatic ring is 1. The molecule has 0 aromatic carbocycles. The van der Waals surface area contributed by atoms with Gasteiger partial charge in [0.1, 0.15) is 0 Å².